The smallest absolute Gasteiger partial charge is 0.0494 e. The normalized spacial score (nSPS) is 11.4. The lowest BCUT2D eigenvalue weighted by Gasteiger charge is -2.09. The maximum Gasteiger partial charge on any atom is 0.0494 e. The average molecular weight is 287 g/mol. The van der Waals surface area contributed by atoms with Gasteiger partial charge in [-0.2, -0.15) is 0 Å². The van der Waals surface area contributed by atoms with Gasteiger partial charge in [-0.1, -0.05) is 60.7 Å². The van der Waals surface area contributed by atoms with Crippen molar-refractivity contribution in [3.63, 3.8) is 0 Å². The monoisotopic (exact) mass is 287 g/mol. The molecule has 0 spiro atoms. The Morgan fingerprint density at radius 1 is 1.09 bits per heavy atom. The fraction of sp³-hybridized carbons (Fsp3) is 0.143. The van der Waals surface area contributed by atoms with Crippen LogP contribution < -0.4 is 0 Å². The van der Waals surface area contributed by atoms with Gasteiger partial charge in [-0.15, -0.1) is 0 Å². The lowest BCUT2D eigenvalue weighted by molar-refractivity contribution is 0.827. The van der Waals surface area contributed by atoms with Crippen LogP contribution in [-0.4, -0.2) is 4.57 Å². The molecule has 2 aromatic carbocycles. The van der Waals surface area contributed by atoms with Crippen molar-refractivity contribution in [1.82, 2.24) is 4.57 Å². The number of nitrogens with zero attached hydrogens (tertiary/aromatic N) is 1. The topological polar surface area (TPSA) is 4.93 Å². The minimum atomic E-state index is 0.860. The maximum absolute atomic E-state index is 4.04. The Labute approximate surface area is 132 Å². The number of hydrogen-bond donors (Lipinski definition) is 0. The summed E-state index contributed by atoms with van der Waals surface area (Å²) in [4.78, 5) is 0. The largest absolute Gasteiger partial charge is 0.336 e. The Balaban J connectivity index is 2.26. The van der Waals surface area contributed by atoms with Crippen LogP contribution in [0.5, 0.6) is 0 Å². The zero-order valence-electron chi connectivity index (χ0n) is 13.2. The van der Waals surface area contributed by atoms with Crippen LogP contribution >= 0.6 is 0 Å². The maximum atomic E-state index is 4.04. The first-order valence-corrected chi connectivity index (χ1v) is 7.66. The van der Waals surface area contributed by atoms with Gasteiger partial charge < -0.3 is 4.57 Å². The summed E-state index contributed by atoms with van der Waals surface area (Å²) in [6.07, 6.45) is 6.24. The van der Waals surface area contributed by atoms with Gasteiger partial charge in [-0.05, 0) is 37.6 Å². The molecular formula is C21H21N. The number of benzene rings is 2. The van der Waals surface area contributed by atoms with E-state index in [-0.39, 0.29) is 0 Å². The molecule has 0 radical (unpaired) electrons. The molecule has 0 aliphatic heterocycles. The van der Waals surface area contributed by atoms with Gasteiger partial charge in [-0.25, -0.2) is 0 Å². The van der Waals surface area contributed by atoms with Crippen molar-refractivity contribution in [2.75, 3.05) is 0 Å². The number of fused-ring (bicyclic) bond motifs is 1. The van der Waals surface area contributed by atoms with Gasteiger partial charge in [0.05, 0.1) is 0 Å². The lowest BCUT2D eigenvalue weighted by Crippen LogP contribution is -2.01. The van der Waals surface area contributed by atoms with E-state index in [0.717, 1.165) is 6.54 Å². The van der Waals surface area contributed by atoms with Crippen LogP contribution in [0.3, 0.4) is 0 Å². The number of allylic oxidation sites excluding steroid dienone is 1. The Kier molecular flexibility index (Phi) is 3.97. The minimum Gasteiger partial charge on any atom is -0.336 e. The first kappa shape index (κ1) is 14.4. The third-order valence-electron chi connectivity index (χ3n) is 4.01. The van der Waals surface area contributed by atoms with E-state index in [9.17, 15) is 0 Å². The molecule has 1 aromatic heterocycles. The minimum absolute atomic E-state index is 0.860. The predicted molar refractivity (Wildman–Crippen MR) is 97.0 cm³/mol. The molecule has 1 heteroatoms. The molecule has 3 aromatic rings. The summed E-state index contributed by atoms with van der Waals surface area (Å²) in [7, 11) is 0. The van der Waals surface area contributed by atoms with E-state index in [1.807, 2.05) is 6.08 Å². The molecule has 1 heterocycles. The first-order valence-electron chi connectivity index (χ1n) is 7.66. The molecule has 0 unspecified atom stereocenters. The van der Waals surface area contributed by atoms with Crippen molar-refractivity contribution in [2.45, 2.75) is 20.4 Å². The van der Waals surface area contributed by atoms with E-state index in [1.165, 1.54) is 33.3 Å². The van der Waals surface area contributed by atoms with Crippen LogP contribution in [0.2, 0.25) is 0 Å². The zero-order chi connectivity index (χ0) is 15.5. The average Bonchev–Trinajstić information content (AvgIpc) is 2.81. The number of hydrogen-bond acceptors (Lipinski definition) is 0. The summed E-state index contributed by atoms with van der Waals surface area (Å²) in [6, 6.07) is 17.2. The van der Waals surface area contributed by atoms with Crippen LogP contribution in [0.15, 0.2) is 61.2 Å². The molecule has 110 valence electrons. The Hall–Kier alpha value is -2.54. The van der Waals surface area contributed by atoms with E-state index in [4.69, 9.17) is 0 Å². The van der Waals surface area contributed by atoms with Crippen molar-refractivity contribution in [2.24, 2.45) is 0 Å². The van der Waals surface area contributed by atoms with Crippen LogP contribution in [0, 0.1) is 6.92 Å². The molecule has 1 nitrogen and oxygen atoms in total. The molecule has 0 amide bonds. The molecule has 0 aliphatic rings. The lowest BCUT2D eigenvalue weighted by atomic mass is 10.1. The summed E-state index contributed by atoms with van der Waals surface area (Å²) < 4.78 is 2.35. The highest BCUT2D eigenvalue weighted by molar-refractivity contribution is 5.94. The quantitative estimate of drug-likeness (QED) is 0.582. The highest BCUT2D eigenvalue weighted by Gasteiger charge is 2.13. The molecule has 3 rings (SSSR count). The number of aryl methyl sites for hydroxylation is 1. The Morgan fingerprint density at radius 2 is 1.86 bits per heavy atom. The molecule has 0 aliphatic carbocycles. The summed E-state index contributed by atoms with van der Waals surface area (Å²) in [5, 5.41) is 1.30. The number of rotatable bonds is 4. The van der Waals surface area contributed by atoms with Gasteiger partial charge >= 0.3 is 0 Å². The molecule has 0 saturated heterocycles. The molecule has 0 atom stereocenters. The van der Waals surface area contributed by atoms with Gasteiger partial charge in [0.1, 0.15) is 0 Å². The molecule has 22 heavy (non-hydrogen) atoms. The second-order valence-corrected chi connectivity index (χ2v) is 5.60. The van der Waals surface area contributed by atoms with Gasteiger partial charge in [0.25, 0.3) is 0 Å². The highest BCUT2D eigenvalue weighted by atomic mass is 15.0. The van der Waals surface area contributed by atoms with Crippen molar-refractivity contribution < 1.29 is 0 Å². The van der Waals surface area contributed by atoms with E-state index in [2.05, 4.69) is 85.7 Å². The summed E-state index contributed by atoms with van der Waals surface area (Å²) in [5.41, 5.74) is 6.29. The van der Waals surface area contributed by atoms with Gasteiger partial charge in [0.2, 0.25) is 0 Å². The summed E-state index contributed by atoms with van der Waals surface area (Å²) >= 11 is 0. The number of aromatic nitrogens is 1. The highest BCUT2D eigenvalue weighted by Crippen LogP contribution is 2.30. The third-order valence-corrected chi connectivity index (χ3v) is 4.01. The van der Waals surface area contributed by atoms with Gasteiger partial charge in [-0.3, -0.25) is 0 Å². The molecule has 0 fully saturated rings. The Bertz CT molecular complexity index is 835. The van der Waals surface area contributed by atoms with Crippen LogP contribution in [0.25, 0.3) is 23.1 Å². The van der Waals surface area contributed by atoms with Crippen LogP contribution in [-0.2, 0) is 6.54 Å². The van der Waals surface area contributed by atoms with Gasteiger partial charge in [0.15, 0.2) is 0 Å². The second-order valence-electron chi connectivity index (χ2n) is 5.60. The summed E-state index contributed by atoms with van der Waals surface area (Å²) in [5.74, 6) is 0. The van der Waals surface area contributed by atoms with Crippen molar-refractivity contribution in [1.29, 1.82) is 0 Å². The van der Waals surface area contributed by atoms with E-state index >= 15 is 0 Å². The third kappa shape index (κ3) is 2.50. The van der Waals surface area contributed by atoms with E-state index < -0.39 is 0 Å². The predicted octanol–water partition coefficient (Wildman–Crippen LogP) is 5.67. The fourth-order valence-electron chi connectivity index (χ4n) is 3.01. The second kappa shape index (κ2) is 6.07. The zero-order valence-corrected chi connectivity index (χ0v) is 13.2. The first-order chi connectivity index (χ1) is 10.7. The standard InChI is InChI=1S/C21H21N/c1-4-9-18-19-14-16(3)12-13-21(19)22(20(18)5-2)15-17-10-7-6-8-11-17/h4-14H,2,15H2,1,3H3/b9-4+. The molecule has 0 N–H and O–H groups in total. The van der Waals surface area contributed by atoms with Crippen LogP contribution in [0.4, 0.5) is 0 Å². The fourth-order valence-corrected chi connectivity index (χ4v) is 3.01. The SMILES string of the molecule is C=Cc1c(/C=C/C)c2cc(C)ccc2n1Cc1ccccc1. The molecule has 0 bridgehead atoms. The van der Waals surface area contributed by atoms with Crippen LogP contribution in [0.1, 0.15) is 29.3 Å². The van der Waals surface area contributed by atoms with Crippen molar-refractivity contribution in [3.8, 4) is 0 Å². The molecule has 0 saturated carbocycles. The van der Waals surface area contributed by atoms with Crippen molar-refractivity contribution in [3.05, 3.63) is 83.6 Å². The summed E-state index contributed by atoms with van der Waals surface area (Å²) in [6.45, 7) is 9.10. The van der Waals surface area contributed by atoms with Crippen molar-refractivity contribution >= 4 is 23.1 Å². The van der Waals surface area contributed by atoms with E-state index in [1.54, 1.807) is 0 Å². The van der Waals surface area contributed by atoms with E-state index in [0.29, 0.717) is 0 Å². The Morgan fingerprint density at radius 3 is 2.55 bits per heavy atom. The molecular weight excluding hydrogens is 266 g/mol. The van der Waals surface area contributed by atoms with Gasteiger partial charge in [0, 0.05) is 28.7 Å².